The highest BCUT2D eigenvalue weighted by Gasteiger charge is 2.10. The molecule has 0 saturated carbocycles. The van der Waals surface area contributed by atoms with Gasteiger partial charge < -0.3 is 20.7 Å². The lowest BCUT2D eigenvalue weighted by molar-refractivity contribution is 0.209. The Labute approximate surface area is 106 Å². The lowest BCUT2D eigenvalue weighted by Gasteiger charge is -2.29. The Hall–Kier alpha value is -1.53. The summed E-state index contributed by atoms with van der Waals surface area (Å²) in [4.78, 5) is 16.7. The molecule has 17 heavy (non-hydrogen) atoms. The topological polar surface area (TPSA) is 80.5 Å². The zero-order valence-electron chi connectivity index (χ0n) is 9.26. The van der Waals surface area contributed by atoms with E-state index in [1.54, 1.807) is 12.3 Å². The van der Waals surface area contributed by atoms with E-state index in [-0.39, 0.29) is 18.3 Å². The third kappa shape index (κ3) is 3.76. The fourth-order valence-corrected chi connectivity index (χ4v) is 1.65. The summed E-state index contributed by atoms with van der Waals surface area (Å²) in [5, 5.41) is 3.27. The molecule has 94 valence electrons. The zero-order chi connectivity index (χ0) is 11.4. The maximum absolute atomic E-state index is 10.5. The Morgan fingerprint density at radius 3 is 2.65 bits per heavy atom. The molecule has 2 rings (SSSR count). The van der Waals surface area contributed by atoms with Gasteiger partial charge in [0.2, 0.25) is 5.88 Å². The van der Waals surface area contributed by atoms with Gasteiger partial charge in [0.25, 0.3) is 0 Å². The van der Waals surface area contributed by atoms with Gasteiger partial charge in [-0.1, -0.05) is 0 Å². The molecule has 0 spiro atoms. The van der Waals surface area contributed by atoms with Gasteiger partial charge in [-0.2, -0.15) is 0 Å². The molecule has 0 atom stereocenters. The summed E-state index contributed by atoms with van der Waals surface area (Å²) < 4.78 is 4.65. The van der Waals surface area contributed by atoms with E-state index in [1.165, 1.54) is 0 Å². The largest absolute Gasteiger partial charge is 0.411 e. The second kappa shape index (κ2) is 6.27. The van der Waals surface area contributed by atoms with Crippen molar-refractivity contribution in [2.75, 3.05) is 31.1 Å². The number of pyridine rings is 1. The Balaban J connectivity index is 0.00000144. The number of hydrogen-bond acceptors (Lipinski definition) is 5. The van der Waals surface area contributed by atoms with Gasteiger partial charge in [-0.05, 0) is 6.07 Å². The van der Waals surface area contributed by atoms with E-state index in [0.717, 1.165) is 31.9 Å². The molecule has 1 aromatic heterocycles. The van der Waals surface area contributed by atoms with E-state index in [0.29, 0.717) is 0 Å². The van der Waals surface area contributed by atoms with Crippen LogP contribution in [0.3, 0.4) is 0 Å². The Morgan fingerprint density at radius 2 is 2.12 bits per heavy atom. The molecule has 1 aliphatic rings. The molecule has 1 amide bonds. The molecular weight excluding hydrogens is 244 g/mol. The molecule has 1 fully saturated rings. The van der Waals surface area contributed by atoms with Crippen molar-refractivity contribution in [2.45, 2.75) is 0 Å². The van der Waals surface area contributed by atoms with Gasteiger partial charge in [-0.3, -0.25) is 0 Å². The van der Waals surface area contributed by atoms with Crippen LogP contribution in [0.5, 0.6) is 5.88 Å². The first-order valence-electron chi connectivity index (χ1n) is 5.15. The average Bonchev–Trinajstić information content (AvgIpc) is 2.30. The molecule has 7 heteroatoms. The molecule has 1 aliphatic heterocycles. The maximum atomic E-state index is 10.5. The molecule has 0 aliphatic carbocycles. The van der Waals surface area contributed by atoms with Gasteiger partial charge in [-0.25, -0.2) is 9.78 Å². The van der Waals surface area contributed by atoms with Crippen molar-refractivity contribution in [3.63, 3.8) is 0 Å². The van der Waals surface area contributed by atoms with Crippen molar-refractivity contribution < 1.29 is 9.53 Å². The summed E-state index contributed by atoms with van der Waals surface area (Å²) >= 11 is 0. The Kier molecular flexibility index (Phi) is 4.99. The van der Waals surface area contributed by atoms with Crippen molar-refractivity contribution in [1.29, 1.82) is 0 Å². The van der Waals surface area contributed by atoms with Crippen LogP contribution in [0.25, 0.3) is 0 Å². The van der Waals surface area contributed by atoms with Crippen LogP contribution in [0.15, 0.2) is 18.3 Å². The van der Waals surface area contributed by atoms with Crippen LogP contribution in [0.4, 0.5) is 10.5 Å². The number of anilines is 1. The number of carbonyl (C=O) groups is 1. The van der Waals surface area contributed by atoms with Crippen LogP contribution in [0, 0.1) is 0 Å². The average molecular weight is 259 g/mol. The second-order valence-corrected chi connectivity index (χ2v) is 3.51. The summed E-state index contributed by atoms with van der Waals surface area (Å²) in [5.74, 6) is 0.228. The number of aromatic nitrogens is 1. The molecule has 0 unspecified atom stereocenters. The van der Waals surface area contributed by atoms with Crippen LogP contribution >= 0.6 is 12.4 Å². The minimum atomic E-state index is -0.845. The first-order valence-corrected chi connectivity index (χ1v) is 5.15. The number of nitrogens with two attached hydrogens (primary N) is 1. The molecule has 2 heterocycles. The molecule has 3 N–H and O–H groups in total. The van der Waals surface area contributed by atoms with E-state index in [1.807, 2.05) is 6.07 Å². The van der Waals surface area contributed by atoms with Gasteiger partial charge in [0.15, 0.2) is 0 Å². The van der Waals surface area contributed by atoms with Gasteiger partial charge >= 0.3 is 6.09 Å². The number of nitrogens with zero attached hydrogens (tertiary/aromatic N) is 2. The molecule has 1 aromatic rings. The lowest BCUT2D eigenvalue weighted by atomic mass is 10.3. The quantitative estimate of drug-likeness (QED) is 0.801. The first-order chi connectivity index (χ1) is 7.75. The van der Waals surface area contributed by atoms with E-state index in [9.17, 15) is 4.79 Å². The van der Waals surface area contributed by atoms with Crippen LogP contribution < -0.4 is 20.7 Å². The van der Waals surface area contributed by atoms with E-state index in [2.05, 4.69) is 19.9 Å². The van der Waals surface area contributed by atoms with Crippen molar-refractivity contribution in [2.24, 2.45) is 5.73 Å². The van der Waals surface area contributed by atoms with Gasteiger partial charge in [-0.15, -0.1) is 12.4 Å². The van der Waals surface area contributed by atoms with E-state index >= 15 is 0 Å². The van der Waals surface area contributed by atoms with Gasteiger partial charge in [0.05, 0.1) is 11.9 Å². The fraction of sp³-hybridized carbons (Fsp3) is 0.400. The Bertz CT molecular complexity index is 365. The number of nitrogens with one attached hydrogen (secondary N) is 1. The number of halogens is 1. The number of carbonyl (C=O) groups excluding carboxylic acids is 1. The van der Waals surface area contributed by atoms with E-state index < -0.39 is 6.09 Å². The lowest BCUT2D eigenvalue weighted by Crippen LogP contribution is -2.43. The summed E-state index contributed by atoms with van der Waals surface area (Å²) in [5.41, 5.74) is 5.91. The normalized spacial score (nSPS) is 14.9. The predicted octanol–water partition coefficient (Wildman–Crippen LogP) is 0.370. The Morgan fingerprint density at radius 1 is 1.41 bits per heavy atom. The third-order valence-electron chi connectivity index (χ3n) is 2.41. The highest BCUT2D eigenvalue weighted by molar-refractivity contribution is 5.85. The maximum Gasteiger partial charge on any atom is 0.411 e. The van der Waals surface area contributed by atoms with Crippen LogP contribution in [-0.4, -0.2) is 37.3 Å². The molecule has 0 aromatic carbocycles. The highest BCUT2D eigenvalue weighted by Crippen LogP contribution is 2.16. The SMILES string of the molecule is Cl.NC(=O)Oc1ccc(N2CCNCC2)cn1. The summed E-state index contributed by atoms with van der Waals surface area (Å²) in [6.07, 6.45) is 0.839. The number of hydrogen-bond donors (Lipinski definition) is 2. The summed E-state index contributed by atoms with van der Waals surface area (Å²) in [6.45, 7) is 3.86. The molecule has 0 bridgehead atoms. The predicted molar refractivity (Wildman–Crippen MR) is 66.8 cm³/mol. The van der Waals surface area contributed by atoms with Crippen LogP contribution in [-0.2, 0) is 0 Å². The van der Waals surface area contributed by atoms with Crippen molar-refractivity contribution in [3.8, 4) is 5.88 Å². The third-order valence-corrected chi connectivity index (χ3v) is 2.41. The smallest absolute Gasteiger partial charge is 0.391 e. The summed E-state index contributed by atoms with van der Waals surface area (Å²) in [7, 11) is 0. The van der Waals surface area contributed by atoms with Crippen molar-refractivity contribution in [3.05, 3.63) is 18.3 Å². The minimum Gasteiger partial charge on any atom is -0.391 e. The zero-order valence-corrected chi connectivity index (χ0v) is 10.1. The number of ether oxygens (including phenoxy) is 1. The monoisotopic (exact) mass is 258 g/mol. The molecular formula is C10H15ClN4O2. The van der Waals surface area contributed by atoms with Crippen molar-refractivity contribution in [1.82, 2.24) is 10.3 Å². The number of rotatable bonds is 2. The first kappa shape index (κ1) is 13.5. The van der Waals surface area contributed by atoms with Gasteiger partial charge in [0.1, 0.15) is 0 Å². The molecule has 6 nitrogen and oxygen atoms in total. The number of amides is 1. The number of primary amides is 1. The minimum absolute atomic E-state index is 0. The second-order valence-electron chi connectivity index (χ2n) is 3.51. The van der Waals surface area contributed by atoms with E-state index in [4.69, 9.17) is 5.73 Å². The van der Waals surface area contributed by atoms with Crippen molar-refractivity contribution >= 4 is 24.2 Å². The van der Waals surface area contributed by atoms with Crippen LogP contribution in [0.2, 0.25) is 0 Å². The molecule has 0 radical (unpaired) electrons. The molecule has 1 saturated heterocycles. The van der Waals surface area contributed by atoms with Gasteiger partial charge in [0, 0.05) is 32.2 Å². The fourth-order valence-electron chi connectivity index (χ4n) is 1.65. The summed E-state index contributed by atoms with van der Waals surface area (Å²) in [6, 6.07) is 3.51. The number of piperazine rings is 1. The van der Waals surface area contributed by atoms with Crippen LogP contribution in [0.1, 0.15) is 0 Å². The standard InChI is InChI=1S/C10H14N4O2.ClH/c11-10(15)16-9-2-1-8(7-13-9)14-5-3-12-4-6-14;/h1-2,7,12H,3-6H2,(H2,11,15);1H. The highest BCUT2D eigenvalue weighted by atomic mass is 35.5.